The van der Waals surface area contributed by atoms with Crippen molar-refractivity contribution in [2.45, 2.75) is 13.0 Å². The van der Waals surface area contributed by atoms with Crippen LogP contribution in [0.2, 0.25) is 0 Å². The highest BCUT2D eigenvalue weighted by atomic mass is 16.5. The third-order valence-electron chi connectivity index (χ3n) is 2.91. The smallest absolute Gasteiger partial charge is 0.123 e. The number of hydrogen-bond donors (Lipinski definition) is 2. The maximum Gasteiger partial charge on any atom is 0.123 e. The summed E-state index contributed by atoms with van der Waals surface area (Å²) in [5, 5.41) is 4.46. The van der Waals surface area contributed by atoms with Crippen molar-refractivity contribution in [3.8, 4) is 5.75 Å². The Labute approximate surface area is 88.4 Å². The lowest BCUT2D eigenvalue weighted by molar-refractivity contribution is 0.142. The molecule has 2 heterocycles. The summed E-state index contributed by atoms with van der Waals surface area (Å²) in [6.07, 6.45) is 2.37. The van der Waals surface area contributed by atoms with E-state index in [0.717, 1.165) is 24.4 Å². The molecular weight excluding hydrogens is 188 g/mol. The lowest BCUT2D eigenvalue weighted by atomic mass is 10.2. The Balaban J connectivity index is 1.91. The molecule has 78 valence electrons. The second-order valence-corrected chi connectivity index (χ2v) is 4.08. The van der Waals surface area contributed by atoms with E-state index in [1.807, 2.05) is 12.3 Å². The van der Waals surface area contributed by atoms with Crippen molar-refractivity contribution in [1.82, 2.24) is 10.3 Å². The van der Waals surface area contributed by atoms with Crippen molar-refractivity contribution in [2.75, 3.05) is 13.1 Å². The van der Waals surface area contributed by atoms with Crippen molar-refractivity contribution < 1.29 is 4.74 Å². The molecule has 0 bridgehead atoms. The molecule has 3 heteroatoms. The molecule has 0 atom stereocenters. The average Bonchev–Trinajstić information content (AvgIpc) is 2.54. The Bertz CT molecular complexity index is 485. The summed E-state index contributed by atoms with van der Waals surface area (Å²) in [6.45, 7) is 4.03. The Morgan fingerprint density at radius 2 is 2.20 bits per heavy atom. The van der Waals surface area contributed by atoms with Crippen LogP contribution < -0.4 is 10.1 Å². The summed E-state index contributed by atoms with van der Waals surface area (Å²) < 4.78 is 5.79. The molecule has 0 spiro atoms. The molecule has 1 aliphatic rings. The lowest BCUT2D eigenvalue weighted by Crippen LogP contribution is -2.50. The third-order valence-corrected chi connectivity index (χ3v) is 2.91. The summed E-state index contributed by atoms with van der Waals surface area (Å²) in [5.74, 6) is 0.954. The highest BCUT2D eigenvalue weighted by Gasteiger charge is 2.18. The molecule has 1 saturated heterocycles. The van der Waals surface area contributed by atoms with Gasteiger partial charge in [-0.1, -0.05) is 0 Å². The molecule has 0 unspecified atom stereocenters. The van der Waals surface area contributed by atoms with Crippen molar-refractivity contribution in [2.24, 2.45) is 0 Å². The molecule has 15 heavy (non-hydrogen) atoms. The monoisotopic (exact) mass is 202 g/mol. The highest BCUT2D eigenvalue weighted by molar-refractivity contribution is 5.84. The van der Waals surface area contributed by atoms with Crippen LogP contribution >= 0.6 is 0 Å². The first kappa shape index (κ1) is 8.80. The van der Waals surface area contributed by atoms with Gasteiger partial charge in [0.15, 0.2) is 0 Å². The van der Waals surface area contributed by atoms with Crippen molar-refractivity contribution in [1.29, 1.82) is 0 Å². The van der Waals surface area contributed by atoms with Gasteiger partial charge in [0.25, 0.3) is 0 Å². The minimum atomic E-state index is 0.346. The van der Waals surface area contributed by atoms with Gasteiger partial charge in [-0.25, -0.2) is 0 Å². The van der Waals surface area contributed by atoms with Gasteiger partial charge in [-0.3, -0.25) is 0 Å². The van der Waals surface area contributed by atoms with E-state index in [2.05, 4.69) is 29.4 Å². The zero-order chi connectivity index (χ0) is 10.3. The average molecular weight is 202 g/mol. The van der Waals surface area contributed by atoms with Gasteiger partial charge < -0.3 is 15.0 Å². The van der Waals surface area contributed by atoms with Gasteiger partial charge in [-0.2, -0.15) is 0 Å². The van der Waals surface area contributed by atoms with Gasteiger partial charge in [-0.15, -0.1) is 0 Å². The Kier molecular flexibility index (Phi) is 1.92. The third kappa shape index (κ3) is 1.49. The fourth-order valence-corrected chi connectivity index (χ4v) is 1.86. The van der Waals surface area contributed by atoms with E-state index in [4.69, 9.17) is 4.74 Å². The molecule has 2 N–H and O–H groups in total. The normalized spacial score (nSPS) is 16.6. The summed E-state index contributed by atoms with van der Waals surface area (Å²) in [7, 11) is 0. The standard InChI is InChI=1S/C12H14N2O/c1-8-5-14-12-4-9(2-3-11(8)12)15-10-6-13-7-10/h2-5,10,13-14H,6-7H2,1H3. The Hall–Kier alpha value is -1.48. The van der Waals surface area contributed by atoms with E-state index >= 15 is 0 Å². The van der Waals surface area contributed by atoms with E-state index < -0.39 is 0 Å². The van der Waals surface area contributed by atoms with E-state index in [1.165, 1.54) is 10.9 Å². The van der Waals surface area contributed by atoms with E-state index in [-0.39, 0.29) is 0 Å². The fraction of sp³-hybridized carbons (Fsp3) is 0.333. The number of aromatic nitrogens is 1. The number of hydrogen-bond acceptors (Lipinski definition) is 2. The van der Waals surface area contributed by atoms with Crippen molar-refractivity contribution >= 4 is 10.9 Å². The fourth-order valence-electron chi connectivity index (χ4n) is 1.86. The number of fused-ring (bicyclic) bond motifs is 1. The first-order valence-corrected chi connectivity index (χ1v) is 5.28. The second-order valence-electron chi connectivity index (χ2n) is 4.08. The van der Waals surface area contributed by atoms with Crippen LogP contribution in [0.3, 0.4) is 0 Å². The molecule has 3 rings (SSSR count). The minimum Gasteiger partial charge on any atom is -0.488 e. The molecule has 2 aromatic rings. The van der Waals surface area contributed by atoms with E-state index in [9.17, 15) is 0 Å². The zero-order valence-electron chi connectivity index (χ0n) is 8.71. The summed E-state index contributed by atoms with van der Waals surface area (Å²) in [5.41, 5.74) is 2.43. The van der Waals surface area contributed by atoms with Gasteiger partial charge in [0, 0.05) is 36.3 Å². The number of H-pyrrole nitrogens is 1. The molecule has 1 aromatic heterocycles. The van der Waals surface area contributed by atoms with Crippen LogP contribution in [0.25, 0.3) is 10.9 Å². The molecule has 3 nitrogen and oxygen atoms in total. The van der Waals surface area contributed by atoms with Crippen LogP contribution in [-0.2, 0) is 0 Å². The van der Waals surface area contributed by atoms with Crippen LogP contribution in [0.5, 0.6) is 5.75 Å². The number of benzene rings is 1. The topological polar surface area (TPSA) is 37.0 Å². The largest absolute Gasteiger partial charge is 0.488 e. The van der Waals surface area contributed by atoms with Crippen LogP contribution in [0, 0.1) is 6.92 Å². The predicted molar refractivity (Wildman–Crippen MR) is 60.3 cm³/mol. The predicted octanol–water partition coefficient (Wildman–Crippen LogP) is 1.83. The lowest BCUT2D eigenvalue weighted by Gasteiger charge is -2.27. The Morgan fingerprint density at radius 3 is 2.93 bits per heavy atom. The van der Waals surface area contributed by atoms with Crippen LogP contribution in [0.15, 0.2) is 24.4 Å². The quantitative estimate of drug-likeness (QED) is 0.779. The highest BCUT2D eigenvalue weighted by Crippen LogP contribution is 2.23. The van der Waals surface area contributed by atoms with Gasteiger partial charge in [-0.05, 0) is 24.6 Å². The maximum atomic E-state index is 5.79. The summed E-state index contributed by atoms with van der Waals surface area (Å²) in [6, 6.07) is 6.23. The summed E-state index contributed by atoms with van der Waals surface area (Å²) >= 11 is 0. The molecule has 0 aliphatic carbocycles. The molecule has 1 aromatic carbocycles. The number of ether oxygens (including phenoxy) is 1. The molecule has 1 fully saturated rings. The van der Waals surface area contributed by atoms with Crippen LogP contribution in [0.1, 0.15) is 5.56 Å². The van der Waals surface area contributed by atoms with Crippen LogP contribution in [-0.4, -0.2) is 24.2 Å². The zero-order valence-corrected chi connectivity index (χ0v) is 8.71. The van der Waals surface area contributed by atoms with E-state index in [1.54, 1.807) is 0 Å². The minimum absolute atomic E-state index is 0.346. The Morgan fingerprint density at radius 1 is 1.33 bits per heavy atom. The molecule has 1 aliphatic heterocycles. The molecular formula is C12H14N2O. The van der Waals surface area contributed by atoms with Gasteiger partial charge in [0.1, 0.15) is 11.9 Å². The maximum absolute atomic E-state index is 5.79. The van der Waals surface area contributed by atoms with Gasteiger partial charge in [0.05, 0.1) is 0 Å². The SMILES string of the molecule is Cc1c[nH]c2cc(OC3CNC3)ccc12. The summed E-state index contributed by atoms with van der Waals surface area (Å²) in [4.78, 5) is 3.24. The van der Waals surface area contributed by atoms with Crippen molar-refractivity contribution in [3.63, 3.8) is 0 Å². The number of rotatable bonds is 2. The van der Waals surface area contributed by atoms with Gasteiger partial charge >= 0.3 is 0 Å². The van der Waals surface area contributed by atoms with Gasteiger partial charge in [0.2, 0.25) is 0 Å². The number of nitrogens with one attached hydrogen (secondary N) is 2. The molecule has 0 radical (unpaired) electrons. The van der Waals surface area contributed by atoms with Crippen molar-refractivity contribution in [3.05, 3.63) is 30.0 Å². The number of aryl methyl sites for hydroxylation is 1. The van der Waals surface area contributed by atoms with Crippen LogP contribution in [0.4, 0.5) is 0 Å². The first-order chi connectivity index (χ1) is 7.33. The second kappa shape index (κ2) is 3.28. The van der Waals surface area contributed by atoms with E-state index in [0.29, 0.717) is 6.10 Å². The first-order valence-electron chi connectivity index (χ1n) is 5.28. The molecule has 0 saturated carbocycles. The number of aromatic amines is 1. The molecule has 0 amide bonds.